The van der Waals surface area contributed by atoms with Gasteiger partial charge in [0.25, 0.3) is 0 Å². The van der Waals surface area contributed by atoms with Crippen LogP contribution in [0.15, 0.2) is 0 Å². The fourth-order valence-corrected chi connectivity index (χ4v) is 2.95. The van der Waals surface area contributed by atoms with Crippen molar-refractivity contribution in [3.05, 3.63) is 0 Å². The van der Waals surface area contributed by atoms with Crippen LogP contribution in [-0.2, 0) is 4.74 Å². The lowest BCUT2D eigenvalue weighted by atomic mass is 10.0. The average Bonchev–Trinajstić information content (AvgIpc) is 2.86. The van der Waals surface area contributed by atoms with E-state index < -0.39 is 5.60 Å². The summed E-state index contributed by atoms with van der Waals surface area (Å²) in [4.78, 5) is 14.1. The second kappa shape index (κ2) is 9.48. The molecule has 2 N–H and O–H groups in total. The minimum absolute atomic E-state index is 0.304. The molecule has 0 aromatic rings. The average molecular weight is 328 g/mol. The quantitative estimate of drug-likeness (QED) is 0.673. The molecule has 0 bridgehead atoms. The van der Waals surface area contributed by atoms with Gasteiger partial charge in [-0.2, -0.15) is 0 Å². The van der Waals surface area contributed by atoms with Crippen LogP contribution in [-0.4, -0.2) is 55.4 Å². The summed E-state index contributed by atoms with van der Waals surface area (Å²) in [5.41, 5.74) is -0.431. The normalized spacial score (nSPS) is 21.9. The lowest BCUT2D eigenvalue weighted by Crippen LogP contribution is -2.41. The Morgan fingerprint density at radius 1 is 1.30 bits per heavy atom. The van der Waals surface area contributed by atoms with Gasteiger partial charge in [0.1, 0.15) is 5.60 Å². The molecule has 1 fully saturated rings. The zero-order valence-electron chi connectivity index (χ0n) is 15.9. The first-order chi connectivity index (χ1) is 10.7. The fraction of sp³-hybridized carbons (Fsp3) is 0.944. The van der Waals surface area contributed by atoms with E-state index in [4.69, 9.17) is 4.74 Å². The van der Waals surface area contributed by atoms with E-state index in [2.05, 4.69) is 36.4 Å². The van der Waals surface area contributed by atoms with Crippen LogP contribution in [0.25, 0.3) is 0 Å². The lowest BCUT2D eigenvalue weighted by Gasteiger charge is -2.25. The SMILES string of the molecule is CC(C)N(C)CCCNC1CCCC1CNC(=O)OC(C)(C)C. The van der Waals surface area contributed by atoms with Crippen LogP contribution in [0.1, 0.15) is 60.3 Å². The van der Waals surface area contributed by atoms with Gasteiger partial charge in [-0.3, -0.25) is 0 Å². The van der Waals surface area contributed by atoms with Crippen molar-refractivity contribution < 1.29 is 9.53 Å². The van der Waals surface area contributed by atoms with E-state index in [0.717, 1.165) is 19.5 Å². The largest absolute Gasteiger partial charge is 0.444 e. The number of hydrogen-bond donors (Lipinski definition) is 2. The summed E-state index contributed by atoms with van der Waals surface area (Å²) in [6, 6.07) is 1.13. The van der Waals surface area contributed by atoms with Crippen LogP contribution >= 0.6 is 0 Å². The van der Waals surface area contributed by atoms with E-state index in [9.17, 15) is 4.79 Å². The number of nitrogens with zero attached hydrogens (tertiary/aromatic N) is 1. The molecule has 0 heterocycles. The molecule has 0 saturated heterocycles. The Kier molecular flexibility index (Phi) is 8.34. The Morgan fingerprint density at radius 3 is 2.61 bits per heavy atom. The van der Waals surface area contributed by atoms with E-state index in [-0.39, 0.29) is 6.09 Å². The van der Waals surface area contributed by atoms with E-state index >= 15 is 0 Å². The Hall–Kier alpha value is -0.810. The lowest BCUT2D eigenvalue weighted by molar-refractivity contribution is 0.0517. The van der Waals surface area contributed by atoms with Crippen molar-refractivity contribution in [1.29, 1.82) is 0 Å². The summed E-state index contributed by atoms with van der Waals surface area (Å²) in [5.74, 6) is 0.519. The maximum Gasteiger partial charge on any atom is 0.407 e. The third-order valence-electron chi connectivity index (χ3n) is 4.54. The molecule has 23 heavy (non-hydrogen) atoms. The summed E-state index contributed by atoms with van der Waals surface area (Å²) in [5, 5.41) is 6.60. The zero-order chi connectivity index (χ0) is 17.5. The van der Waals surface area contributed by atoms with Crippen molar-refractivity contribution in [3.63, 3.8) is 0 Å². The van der Waals surface area contributed by atoms with Crippen molar-refractivity contribution in [1.82, 2.24) is 15.5 Å². The van der Waals surface area contributed by atoms with Crippen molar-refractivity contribution in [3.8, 4) is 0 Å². The number of carbonyl (C=O) groups excluding carboxylic acids is 1. The maximum atomic E-state index is 11.8. The summed E-state index contributed by atoms with van der Waals surface area (Å²) < 4.78 is 5.30. The van der Waals surface area contributed by atoms with Crippen LogP contribution in [0.5, 0.6) is 0 Å². The number of amides is 1. The maximum absolute atomic E-state index is 11.8. The second-order valence-corrected chi connectivity index (χ2v) is 8.06. The van der Waals surface area contributed by atoms with E-state index in [0.29, 0.717) is 24.5 Å². The summed E-state index contributed by atoms with van der Waals surface area (Å²) in [6.07, 6.45) is 4.49. The van der Waals surface area contributed by atoms with Gasteiger partial charge in [-0.05, 0) is 79.9 Å². The van der Waals surface area contributed by atoms with Gasteiger partial charge >= 0.3 is 6.09 Å². The first-order valence-corrected chi connectivity index (χ1v) is 9.09. The second-order valence-electron chi connectivity index (χ2n) is 8.06. The highest BCUT2D eigenvalue weighted by Gasteiger charge is 2.27. The van der Waals surface area contributed by atoms with E-state index in [1.807, 2.05) is 20.8 Å². The molecule has 0 radical (unpaired) electrons. The zero-order valence-corrected chi connectivity index (χ0v) is 15.9. The molecule has 0 aromatic carbocycles. The first-order valence-electron chi connectivity index (χ1n) is 9.09. The fourth-order valence-electron chi connectivity index (χ4n) is 2.95. The summed E-state index contributed by atoms with van der Waals surface area (Å²) in [6.45, 7) is 13.0. The minimum atomic E-state index is -0.431. The highest BCUT2D eigenvalue weighted by atomic mass is 16.6. The molecule has 136 valence electrons. The van der Waals surface area contributed by atoms with Crippen LogP contribution in [0.3, 0.4) is 0 Å². The molecule has 0 spiro atoms. The highest BCUT2D eigenvalue weighted by Crippen LogP contribution is 2.25. The van der Waals surface area contributed by atoms with E-state index in [1.165, 1.54) is 19.3 Å². The third kappa shape index (κ3) is 8.56. The first kappa shape index (κ1) is 20.2. The van der Waals surface area contributed by atoms with Crippen LogP contribution in [0.2, 0.25) is 0 Å². The van der Waals surface area contributed by atoms with Gasteiger partial charge in [0.2, 0.25) is 0 Å². The number of rotatable bonds is 8. The van der Waals surface area contributed by atoms with Crippen LogP contribution in [0.4, 0.5) is 4.79 Å². The molecule has 2 atom stereocenters. The number of ether oxygens (including phenoxy) is 1. The molecule has 5 nitrogen and oxygen atoms in total. The standard InChI is InChI=1S/C18H37N3O2/c1-14(2)21(6)12-8-11-19-16-10-7-9-15(16)13-20-17(22)23-18(3,4)5/h14-16,19H,7-13H2,1-6H3,(H,20,22). The van der Waals surface area contributed by atoms with Gasteiger partial charge in [-0.15, -0.1) is 0 Å². The Morgan fingerprint density at radius 2 is 2.00 bits per heavy atom. The van der Waals surface area contributed by atoms with Crippen molar-refractivity contribution >= 4 is 6.09 Å². The molecule has 1 aliphatic rings. The predicted octanol–water partition coefficient (Wildman–Crippen LogP) is 3.00. The van der Waals surface area contributed by atoms with Crippen molar-refractivity contribution in [2.75, 3.05) is 26.7 Å². The van der Waals surface area contributed by atoms with Gasteiger partial charge < -0.3 is 20.3 Å². The van der Waals surface area contributed by atoms with Gasteiger partial charge in [0, 0.05) is 18.6 Å². The molecule has 1 rings (SSSR count). The predicted molar refractivity (Wildman–Crippen MR) is 95.8 cm³/mol. The smallest absolute Gasteiger partial charge is 0.407 e. The molecule has 1 saturated carbocycles. The monoisotopic (exact) mass is 327 g/mol. The molecule has 5 heteroatoms. The minimum Gasteiger partial charge on any atom is -0.444 e. The third-order valence-corrected chi connectivity index (χ3v) is 4.54. The Balaban J connectivity index is 2.22. The van der Waals surface area contributed by atoms with Gasteiger partial charge in [0.15, 0.2) is 0 Å². The molecule has 0 aliphatic heterocycles. The summed E-state index contributed by atoms with van der Waals surface area (Å²) >= 11 is 0. The van der Waals surface area contributed by atoms with Gasteiger partial charge in [0.05, 0.1) is 0 Å². The number of nitrogens with one attached hydrogen (secondary N) is 2. The highest BCUT2D eigenvalue weighted by molar-refractivity contribution is 5.67. The van der Waals surface area contributed by atoms with Crippen LogP contribution < -0.4 is 10.6 Å². The molecule has 0 aromatic heterocycles. The Bertz CT molecular complexity index is 353. The number of carbonyl (C=O) groups is 1. The number of hydrogen-bond acceptors (Lipinski definition) is 4. The summed E-state index contributed by atoms with van der Waals surface area (Å²) in [7, 11) is 2.17. The van der Waals surface area contributed by atoms with Crippen molar-refractivity contribution in [2.45, 2.75) is 78.0 Å². The molecule has 2 unspecified atom stereocenters. The molecular weight excluding hydrogens is 290 g/mol. The number of alkyl carbamates (subject to hydrolysis) is 1. The van der Waals surface area contributed by atoms with Crippen molar-refractivity contribution in [2.24, 2.45) is 5.92 Å². The van der Waals surface area contributed by atoms with Gasteiger partial charge in [-0.1, -0.05) is 6.42 Å². The molecule has 1 amide bonds. The molecule has 1 aliphatic carbocycles. The van der Waals surface area contributed by atoms with E-state index in [1.54, 1.807) is 0 Å². The molecular formula is C18H37N3O2. The Labute approximate surface area is 142 Å². The van der Waals surface area contributed by atoms with Crippen LogP contribution in [0, 0.1) is 5.92 Å². The van der Waals surface area contributed by atoms with Gasteiger partial charge in [-0.25, -0.2) is 4.79 Å². The topological polar surface area (TPSA) is 53.6 Å².